The predicted molar refractivity (Wildman–Crippen MR) is 96.1 cm³/mol. The number of fused-ring (bicyclic) bond motifs is 1. The lowest BCUT2D eigenvalue weighted by atomic mass is 9.62. The number of carboxylic acid groups (broad SMARTS) is 1. The van der Waals surface area contributed by atoms with Crippen LogP contribution in [0.3, 0.4) is 0 Å². The van der Waals surface area contributed by atoms with Crippen LogP contribution in [0.1, 0.15) is 28.5 Å². The van der Waals surface area contributed by atoms with Gasteiger partial charge in [-0.2, -0.15) is 0 Å². The summed E-state index contributed by atoms with van der Waals surface area (Å²) >= 11 is 0. The standard InChI is InChI=1S/C21H20O6/c1-26-20(24)17-15(12-8-4-3-5-9-12)13-10-6-7-11-14(13)16(19(22)23)18(17)21(25)27-2/h3-11,15-18H,1-2H3,(H,22,23)/t15-,16+,17-,18+/m0/s1. The molecule has 1 aliphatic carbocycles. The number of rotatable bonds is 4. The highest BCUT2D eigenvalue weighted by Crippen LogP contribution is 2.50. The molecule has 1 N–H and O–H groups in total. The van der Waals surface area contributed by atoms with Gasteiger partial charge in [-0.15, -0.1) is 0 Å². The van der Waals surface area contributed by atoms with E-state index in [4.69, 9.17) is 9.47 Å². The smallest absolute Gasteiger partial charge is 0.311 e. The first-order valence-corrected chi connectivity index (χ1v) is 8.53. The van der Waals surface area contributed by atoms with Gasteiger partial charge in [0.25, 0.3) is 0 Å². The molecular formula is C21H20O6. The Labute approximate surface area is 156 Å². The molecule has 2 aromatic rings. The second kappa shape index (κ2) is 7.61. The molecule has 0 spiro atoms. The highest BCUT2D eigenvalue weighted by molar-refractivity contribution is 5.92. The molecule has 6 nitrogen and oxygen atoms in total. The van der Waals surface area contributed by atoms with E-state index in [0.717, 1.165) is 5.56 Å². The van der Waals surface area contributed by atoms with Crippen molar-refractivity contribution in [3.63, 3.8) is 0 Å². The van der Waals surface area contributed by atoms with Crippen molar-refractivity contribution >= 4 is 17.9 Å². The lowest BCUT2D eigenvalue weighted by Crippen LogP contribution is -2.45. The van der Waals surface area contributed by atoms with Crippen LogP contribution >= 0.6 is 0 Å². The Morgan fingerprint density at radius 3 is 1.85 bits per heavy atom. The zero-order chi connectivity index (χ0) is 19.6. The first kappa shape index (κ1) is 18.6. The van der Waals surface area contributed by atoms with Crippen LogP contribution in [-0.2, 0) is 23.9 Å². The van der Waals surface area contributed by atoms with E-state index in [0.29, 0.717) is 11.1 Å². The van der Waals surface area contributed by atoms with E-state index >= 15 is 0 Å². The van der Waals surface area contributed by atoms with Crippen molar-refractivity contribution in [3.05, 3.63) is 71.3 Å². The van der Waals surface area contributed by atoms with Crippen molar-refractivity contribution in [2.45, 2.75) is 11.8 Å². The molecule has 0 saturated heterocycles. The van der Waals surface area contributed by atoms with Crippen LogP contribution in [0.15, 0.2) is 54.6 Å². The zero-order valence-electron chi connectivity index (χ0n) is 15.0. The van der Waals surface area contributed by atoms with E-state index in [-0.39, 0.29) is 0 Å². The second-order valence-electron chi connectivity index (χ2n) is 6.43. The number of methoxy groups -OCH3 is 2. The van der Waals surface area contributed by atoms with Crippen molar-refractivity contribution in [3.8, 4) is 0 Å². The summed E-state index contributed by atoms with van der Waals surface area (Å²) in [5.74, 6) is -6.49. The lowest BCUT2D eigenvalue weighted by molar-refractivity contribution is -0.163. The van der Waals surface area contributed by atoms with Crippen molar-refractivity contribution in [2.75, 3.05) is 14.2 Å². The average molecular weight is 368 g/mol. The average Bonchev–Trinajstić information content (AvgIpc) is 2.71. The first-order valence-electron chi connectivity index (χ1n) is 8.53. The molecule has 0 unspecified atom stereocenters. The summed E-state index contributed by atoms with van der Waals surface area (Å²) in [5, 5.41) is 9.87. The van der Waals surface area contributed by atoms with E-state index in [9.17, 15) is 19.5 Å². The number of carbonyl (C=O) groups excluding carboxylic acids is 2. The molecule has 0 aromatic heterocycles. The molecule has 0 heterocycles. The van der Waals surface area contributed by atoms with Gasteiger partial charge in [-0.05, 0) is 16.7 Å². The first-order chi connectivity index (χ1) is 13.0. The number of carbonyl (C=O) groups is 3. The third-order valence-electron chi connectivity index (χ3n) is 5.14. The Kier molecular flexibility index (Phi) is 5.26. The molecule has 4 atom stereocenters. The predicted octanol–water partition coefficient (Wildman–Crippen LogP) is 2.58. The normalized spacial score (nSPS) is 23.8. The monoisotopic (exact) mass is 368 g/mol. The van der Waals surface area contributed by atoms with Crippen LogP contribution in [0.25, 0.3) is 0 Å². The van der Waals surface area contributed by atoms with Gasteiger partial charge in [0.15, 0.2) is 0 Å². The van der Waals surface area contributed by atoms with Crippen LogP contribution in [0, 0.1) is 11.8 Å². The molecule has 0 aliphatic heterocycles. The SMILES string of the molecule is COC(=O)[C@H]1[C@@H](c2ccccc2)c2ccccc2[C@@H](C(=O)O)[C@H]1C(=O)OC. The van der Waals surface area contributed by atoms with Crippen molar-refractivity contribution in [2.24, 2.45) is 11.8 Å². The Hall–Kier alpha value is -3.15. The lowest BCUT2D eigenvalue weighted by Gasteiger charge is -2.40. The summed E-state index contributed by atoms with van der Waals surface area (Å²) in [5.41, 5.74) is 2.01. The van der Waals surface area contributed by atoms with Crippen LogP contribution in [-0.4, -0.2) is 37.2 Å². The van der Waals surface area contributed by atoms with E-state index in [1.54, 1.807) is 24.3 Å². The number of ether oxygens (including phenoxy) is 2. The minimum absolute atomic E-state index is 0.509. The van der Waals surface area contributed by atoms with Gasteiger partial charge in [0, 0.05) is 5.92 Å². The van der Waals surface area contributed by atoms with Gasteiger partial charge < -0.3 is 14.6 Å². The summed E-state index contributed by atoms with van der Waals surface area (Å²) in [6.45, 7) is 0. The topological polar surface area (TPSA) is 89.9 Å². The number of benzene rings is 2. The maximum absolute atomic E-state index is 12.7. The van der Waals surface area contributed by atoms with E-state index in [1.807, 2.05) is 30.3 Å². The molecular weight excluding hydrogens is 348 g/mol. The third kappa shape index (κ3) is 3.18. The fourth-order valence-corrected chi connectivity index (χ4v) is 4.05. The Morgan fingerprint density at radius 2 is 1.30 bits per heavy atom. The Bertz CT molecular complexity index is 860. The van der Waals surface area contributed by atoms with E-state index in [2.05, 4.69) is 0 Å². The maximum Gasteiger partial charge on any atom is 0.311 e. The molecule has 0 radical (unpaired) electrons. The quantitative estimate of drug-likeness (QED) is 0.835. The van der Waals surface area contributed by atoms with Crippen LogP contribution < -0.4 is 0 Å². The largest absolute Gasteiger partial charge is 0.481 e. The maximum atomic E-state index is 12.7. The minimum atomic E-state index is -1.20. The fraction of sp³-hybridized carbons (Fsp3) is 0.286. The molecule has 1 aliphatic rings. The van der Waals surface area contributed by atoms with Gasteiger partial charge in [0.05, 0.1) is 32.0 Å². The molecule has 0 amide bonds. The summed E-state index contributed by atoms with van der Waals surface area (Å²) < 4.78 is 9.85. The Balaban J connectivity index is 2.32. The van der Waals surface area contributed by atoms with Gasteiger partial charge in [-0.3, -0.25) is 14.4 Å². The second-order valence-corrected chi connectivity index (χ2v) is 6.43. The number of hydrogen-bond donors (Lipinski definition) is 1. The molecule has 0 saturated carbocycles. The van der Waals surface area contributed by atoms with E-state index < -0.39 is 41.6 Å². The van der Waals surface area contributed by atoms with Gasteiger partial charge >= 0.3 is 17.9 Å². The van der Waals surface area contributed by atoms with E-state index in [1.165, 1.54) is 14.2 Å². The molecule has 0 fully saturated rings. The molecule has 27 heavy (non-hydrogen) atoms. The third-order valence-corrected chi connectivity index (χ3v) is 5.14. The molecule has 2 aromatic carbocycles. The van der Waals surface area contributed by atoms with Crippen LogP contribution in [0.4, 0.5) is 0 Å². The van der Waals surface area contributed by atoms with Gasteiger partial charge in [-0.1, -0.05) is 54.6 Å². The van der Waals surface area contributed by atoms with Crippen molar-refractivity contribution in [1.29, 1.82) is 0 Å². The number of aliphatic carboxylic acids is 1. The molecule has 3 rings (SSSR count). The van der Waals surface area contributed by atoms with Crippen LogP contribution in [0.5, 0.6) is 0 Å². The van der Waals surface area contributed by atoms with Crippen molar-refractivity contribution in [1.82, 2.24) is 0 Å². The van der Waals surface area contributed by atoms with Crippen molar-refractivity contribution < 1.29 is 29.0 Å². The number of carboxylic acids is 1. The highest BCUT2D eigenvalue weighted by Gasteiger charge is 2.53. The fourth-order valence-electron chi connectivity index (χ4n) is 4.05. The Morgan fingerprint density at radius 1 is 0.778 bits per heavy atom. The summed E-state index contributed by atoms with van der Waals surface area (Å²) in [6, 6.07) is 16.2. The zero-order valence-corrected chi connectivity index (χ0v) is 15.0. The summed E-state index contributed by atoms with van der Waals surface area (Å²) in [4.78, 5) is 37.4. The van der Waals surface area contributed by atoms with Gasteiger partial charge in [0.2, 0.25) is 0 Å². The van der Waals surface area contributed by atoms with Gasteiger partial charge in [-0.25, -0.2) is 0 Å². The molecule has 140 valence electrons. The molecule has 6 heteroatoms. The number of hydrogen-bond acceptors (Lipinski definition) is 5. The molecule has 0 bridgehead atoms. The van der Waals surface area contributed by atoms with Crippen LogP contribution in [0.2, 0.25) is 0 Å². The summed E-state index contributed by atoms with van der Waals surface area (Å²) in [6.07, 6.45) is 0. The summed E-state index contributed by atoms with van der Waals surface area (Å²) in [7, 11) is 2.42. The highest BCUT2D eigenvalue weighted by atomic mass is 16.5. The number of esters is 2. The minimum Gasteiger partial charge on any atom is -0.481 e. The van der Waals surface area contributed by atoms with Gasteiger partial charge in [0.1, 0.15) is 0 Å².